The van der Waals surface area contributed by atoms with Gasteiger partial charge < -0.3 is 0 Å². The molecule has 0 aliphatic heterocycles. The van der Waals surface area contributed by atoms with Crippen molar-refractivity contribution in [2.75, 3.05) is 12.0 Å². The zero-order valence-electron chi connectivity index (χ0n) is 7.49. The highest BCUT2D eigenvalue weighted by Crippen LogP contribution is 2.21. The van der Waals surface area contributed by atoms with E-state index in [1.807, 2.05) is 0 Å². The lowest BCUT2D eigenvalue weighted by Crippen LogP contribution is -2.08. The fourth-order valence-corrected chi connectivity index (χ4v) is 2.81. The zero-order valence-corrected chi connectivity index (χ0v) is 10.7. The number of halogens is 1. The predicted molar refractivity (Wildman–Crippen MR) is 60.7 cm³/mol. The Balaban J connectivity index is 2.60. The molecular weight excluding hydrogens is 288 g/mol. The summed E-state index contributed by atoms with van der Waals surface area (Å²) in [7, 11) is -3.05. The lowest BCUT2D eigenvalue weighted by atomic mass is 10.3. The molecule has 0 atom stereocenters. The van der Waals surface area contributed by atoms with Crippen LogP contribution in [-0.2, 0) is 9.84 Å². The van der Waals surface area contributed by atoms with Crippen LogP contribution in [0.25, 0.3) is 0 Å². The van der Waals surface area contributed by atoms with Gasteiger partial charge in [-0.1, -0.05) is 0 Å². The van der Waals surface area contributed by atoms with Crippen LogP contribution in [0, 0.1) is 0 Å². The third kappa shape index (κ3) is 3.89. The molecule has 1 aromatic rings. The van der Waals surface area contributed by atoms with Gasteiger partial charge in [-0.3, -0.25) is 4.79 Å². The predicted octanol–water partition coefficient (Wildman–Crippen LogP) is 2.13. The van der Waals surface area contributed by atoms with Gasteiger partial charge in [0.15, 0.2) is 5.78 Å². The van der Waals surface area contributed by atoms with Crippen molar-refractivity contribution in [3.63, 3.8) is 0 Å². The van der Waals surface area contributed by atoms with Crippen molar-refractivity contribution >= 4 is 42.9 Å². The Morgan fingerprint density at radius 2 is 2.21 bits per heavy atom. The maximum Gasteiger partial charge on any atom is 0.173 e. The molecule has 0 saturated carbocycles. The van der Waals surface area contributed by atoms with Crippen molar-refractivity contribution in [2.45, 2.75) is 6.42 Å². The van der Waals surface area contributed by atoms with Gasteiger partial charge in [-0.05, 0) is 22.0 Å². The summed E-state index contributed by atoms with van der Waals surface area (Å²) in [6.07, 6.45) is 1.19. The second-order valence-electron chi connectivity index (χ2n) is 2.93. The average molecular weight is 297 g/mol. The van der Waals surface area contributed by atoms with Gasteiger partial charge in [0, 0.05) is 22.5 Å². The molecule has 0 fully saturated rings. The first-order valence-corrected chi connectivity index (χ1v) is 7.57. The second kappa shape index (κ2) is 4.55. The molecule has 0 spiro atoms. The van der Waals surface area contributed by atoms with Crippen LogP contribution in [0.2, 0.25) is 0 Å². The zero-order chi connectivity index (χ0) is 10.8. The molecule has 14 heavy (non-hydrogen) atoms. The molecule has 0 aromatic carbocycles. The van der Waals surface area contributed by atoms with E-state index in [0.29, 0.717) is 4.88 Å². The van der Waals surface area contributed by atoms with Gasteiger partial charge in [-0.25, -0.2) is 8.42 Å². The molecule has 3 nitrogen and oxygen atoms in total. The topological polar surface area (TPSA) is 51.2 Å². The Morgan fingerprint density at radius 3 is 2.64 bits per heavy atom. The molecule has 0 radical (unpaired) electrons. The Morgan fingerprint density at radius 1 is 1.57 bits per heavy atom. The molecule has 0 amide bonds. The van der Waals surface area contributed by atoms with Gasteiger partial charge in [0.2, 0.25) is 0 Å². The molecule has 1 aromatic heterocycles. The highest BCUT2D eigenvalue weighted by atomic mass is 79.9. The van der Waals surface area contributed by atoms with Crippen LogP contribution in [0.3, 0.4) is 0 Å². The fraction of sp³-hybridized carbons (Fsp3) is 0.375. The normalized spacial score (nSPS) is 11.6. The first-order valence-electron chi connectivity index (χ1n) is 3.83. The highest BCUT2D eigenvalue weighted by Gasteiger charge is 2.11. The first kappa shape index (κ1) is 11.9. The van der Waals surface area contributed by atoms with Crippen molar-refractivity contribution in [3.05, 3.63) is 20.8 Å². The largest absolute Gasteiger partial charge is 0.293 e. The van der Waals surface area contributed by atoms with Gasteiger partial charge in [0.05, 0.1) is 10.6 Å². The van der Waals surface area contributed by atoms with Crippen LogP contribution < -0.4 is 0 Å². The van der Waals surface area contributed by atoms with Crippen molar-refractivity contribution in [1.82, 2.24) is 0 Å². The van der Waals surface area contributed by atoms with Gasteiger partial charge in [-0.15, -0.1) is 11.3 Å². The minimum atomic E-state index is -3.05. The Kier molecular flexibility index (Phi) is 3.86. The summed E-state index contributed by atoms with van der Waals surface area (Å²) < 4.78 is 22.5. The third-order valence-corrected chi connectivity index (χ3v) is 4.22. The summed E-state index contributed by atoms with van der Waals surface area (Å²) in [4.78, 5) is 12.0. The van der Waals surface area contributed by atoms with Crippen LogP contribution in [0.15, 0.2) is 15.9 Å². The molecule has 78 valence electrons. The molecule has 0 saturated heterocycles. The lowest BCUT2D eigenvalue weighted by molar-refractivity contribution is 0.0992. The summed E-state index contributed by atoms with van der Waals surface area (Å²) >= 11 is 4.55. The van der Waals surface area contributed by atoms with Crippen molar-refractivity contribution in [3.8, 4) is 0 Å². The van der Waals surface area contributed by atoms with E-state index in [-0.39, 0.29) is 18.0 Å². The van der Waals surface area contributed by atoms with E-state index in [1.165, 1.54) is 11.3 Å². The van der Waals surface area contributed by atoms with E-state index < -0.39 is 9.84 Å². The number of Topliss-reactive ketones (excluding diaryl/α,β-unsaturated/α-hetero) is 1. The summed E-state index contributed by atoms with van der Waals surface area (Å²) in [6, 6.07) is 1.70. The minimum absolute atomic E-state index is 0.0613. The molecule has 1 heterocycles. The van der Waals surface area contributed by atoms with Crippen LogP contribution in [0.1, 0.15) is 16.1 Å². The average Bonchev–Trinajstić information content (AvgIpc) is 2.46. The number of thiophene rings is 1. The van der Waals surface area contributed by atoms with E-state index in [1.54, 1.807) is 11.4 Å². The van der Waals surface area contributed by atoms with Crippen molar-refractivity contribution < 1.29 is 13.2 Å². The van der Waals surface area contributed by atoms with E-state index in [0.717, 1.165) is 10.7 Å². The Hall–Kier alpha value is -0.200. The van der Waals surface area contributed by atoms with E-state index in [9.17, 15) is 13.2 Å². The van der Waals surface area contributed by atoms with E-state index in [2.05, 4.69) is 15.9 Å². The van der Waals surface area contributed by atoms with Crippen molar-refractivity contribution in [1.29, 1.82) is 0 Å². The number of ketones is 1. The van der Waals surface area contributed by atoms with Gasteiger partial charge in [0.1, 0.15) is 9.84 Å². The first-order chi connectivity index (χ1) is 6.38. The summed E-state index contributed by atoms with van der Waals surface area (Å²) in [6.45, 7) is 0. The molecule has 0 N–H and O–H groups in total. The molecule has 0 aliphatic rings. The fourth-order valence-electron chi connectivity index (χ4n) is 0.861. The lowest BCUT2D eigenvalue weighted by Gasteiger charge is -1.95. The number of carbonyl (C=O) groups excluding carboxylic acids is 1. The Labute approximate surface area is 95.2 Å². The summed E-state index contributed by atoms with van der Waals surface area (Å²) in [5, 5.41) is 1.80. The SMILES string of the molecule is CS(=O)(=O)CCC(=O)c1cc(Br)cs1. The molecule has 1 rings (SSSR count). The van der Waals surface area contributed by atoms with Crippen LogP contribution in [0.5, 0.6) is 0 Å². The number of hydrogen-bond acceptors (Lipinski definition) is 4. The van der Waals surface area contributed by atoms with Crippen LogP contribution in [0.4, 0.5) is 0 Å². The maximum absolute atomic E-state index is 11.4. The Bertz CT molecular complexity index is 433. The molecule has 0 aliphatic carbocycles. The molecular formula is C8H9BrO3S2. The molecule has 0 bridgehead atoms. The number of sulfone groups is 1. The smallest absolute Gasteiger partial charge is 0.173 e. The number of rotatable bonds is 4. The van der Waals surface area contributed by atoms with Crippen LogP contribution >= 0.6 is 27.3 Å². The standard InChI is InChI=1S/C8H9BrO3S2/c1-14(11,12)3-2-7(10)8-4-6(9)5-13-8/h4-5H,2-3H2,1H3. The maximum atomic E-state index is 11.4. The van der Waals surface area contributed by atoms with Gasteiger partial charge in [-0.2, -0.15) is 0 Å². The molecule has 0 unspecified atom stereocenters. The molecule has 6 heteroatoms. The van der Waals surface area contributed by atoms with E-state index in [4.69, 9.17) is 0 Å². The third-order valence-electron chi connectivity index (χ3n) is 1.54. The van der Waals surface area contributed by atoms with Gasteiger partial charge >= 0.3 is 0 Å². The number of hydrogen-bond donors (Lipinski definition) is 0. The monoisotopic (exact) mass is 296 g/mol. The summed E-state index contributed by atoms with van der Waals surface area (Å²) in [5.41, 5.74) is 0. The highest BCUT2D eigenvalue weighted by molar-refractivity contribution is 9.10. The van der Waals surface area contributed by atoms with E-state index >= 15 is 0 Å². The minimum Gasteiger partial charge on any atom is -0.293 e. The summed E-state index contributed by atoms with van der Waals surface area (Å²) in [5.74, 6) is -0.201. The van der Waals surface area contributed by atoms with Crippen molar-refractivity contribution in [2.24, 2.45) is 0 Å². The second-order valence-corrected chi connectivity index (χ2v) is 7.02. The quantitative estimate of drug-likeness (QED) is 0.800. The van der Waals surface area contributed by atoms with Gasteiger partial charge in [0.25, 0.3) is 0 Å². The number of carbonyl (C=O) groups is 1. The van der Waals surface area contributed by atoms with Crippen LogP contribution in [-0.4, -0.2) is 26.2 Å².